The first-order valence-electron chi connectivity index (χ1n) is 6.29. The Morgan fingerprint density at radius 1 is 0.762 bits per heavy atom. The molecule has 0 aliphatic rings. The number of aromatic hydroxyl groups is 1. The summed E-state index contributed by atoms with van der Waals surface area (Å²) in [4.78, 5) is 0. The second kappa shape index (κ2) is 6.34. The highest BCUT2D eigenvalue weighted by Crippen LogP contribution is 2.41. The number of halogens is 4. The van der Waals surface area contributed by atoms with Gasteiger partial charge in [-0.1, -0.05) is 45.7 Å². The number of phenols is 1. The minimum Gasteiger partial charge on any atom is -0.506 e. The molecule has 0 radical (unpaired) electrons. The summed E-state index contributed by atoms with van der Waals surface area (Å²) >= 11 is 14.0. The second-order valence-corrected chi connectivity index (χ2v) is 8.90. The van der Waals surface area contributed by atoms with Gasteiger partial charge in [0.1, 0.15) is 5.75 Å². The zero-order valence-electron chi connectivity index (χ0n) is 11.8. The normalized spacial score (nSPS) is 11.8. The van der Waals surface area contributed by atoms with Gasteiger partial charge in [0.05, 0.1) is 8.95 Å². The van der Waals surface area contributed by atoms with E-state index in [4.69, 9.17) is 0 Å². The van der Waals surface area contributed by atoms with Gasteiger partial charge in [-0.25, -0.2) is 0 Å². The van der Waals surface area contributed by atoms with Crippen molar-refractivity contribution in [2.45, 2.75) is 26.2 Å². The van der Waals surface area contributed by atoms with Crippen molar-refractivity contribution in [2.24, 2.45) is 0 Å². The van der Waals surface area contributed by atoms with E-state index in [1.807, 2.05) is 12.1 Å². The molecular weight excluding hydrogens is 528 g/mol. The van der Waals surface area contributed by atoms with Crippen LogP contribution in [0.2, 0.25) is 0 Å². The molecule has 0 heterocycles. The Morgan fingerprint density at radius 3 is 1.48 bits per heavy atom. The minimum absolute atomic E-state index is 0.197. The highest BCUT2D eigenvalue weighted by Gasteiger charge is 2.26. The molecule has 2 aromatic carbocycles. The molecule has 0 spiro atoms. The Morgan fingerprint density at radius 2 is 1.10 bits per heavy atom. The summed E-state index contributed by atoms with van der Waals surface area (Å²) in [5.41, 5.74) is 3.29. The van der Waals surface area contributed by atoms with Gasteiger partial charge >= 0.3 is 0 Å². The van der Waals surface area contributed by atoms with Crippen LogP contribution in [0.15, 0.2) is 42.2 Å². The number of benzene rings is 2. The molecule has 0 aliphatic carbocycles. The van der Waals surface area contributed by atoms with Crippen molar-refractivity contribution in [2.75, 3.05) is 0 Å². The number of hydrogen-bond acceptors (Lipinski definition) is 1. The van der Waals surface area contributed by atoms with Crippen LogP contribution in [0.3, 0.4) is 0 Å². The second-order valence-electron chi connectivity index (χ2n) is 5.48. The van der Waals surface area contributed by atoms with Crippen LogP contribution in [-0.4, -0.2) is 5.11 Å². The zero-order valence-corrected chi connectivity index (χ0v) is 18.1. The van der Waals surface area contributed by atoms with Crippen LogP contribution < -0.4 is 0 Å². The van der Waals surface area contributed by atoms with E-state index in [2.05, 4.69) is 96.6 Å². The lowest BCUT2D eigenvalue weighted by Gasteiger charge is -2.28. The number of phenolic OH excluding ortho intramolecular Hbond substituents is 1. The lowest BCUT2D eigenvalue weighted by molar-refractivity contribution is 0.467. The Labute approximate surface area is 158 Å². The highest BCUT2D eigenvalue weighted by atomic mass is 79.9. The molecular formula is C16H14Br4O. The van der Waals surface area contributed by atoms with Crippen LogP contribution in [0.5, 0.6) is 5.75 Å². The van der Waals surface area contributed by atoms with Crippen LogP contribution in [0, 0.1) is 6.92 Å². The maximum absolute atomic E-state index is 9.88. The van der Waals surface area contributed by atoms with Gasteiger partial charge < -0.3 is 5.11 Å². The quantitative estimate of drug-likeness (QED) is 0.431. The maximum atomic E-state index is 9.88. The van der Waals surface area contributed by atoms with Gasteiger partial charge in [0.2, 0.25) is 0 Å². The third-order valence-electron chi connectivity index (χ3n) is 3.74. The predicted molar refractivity (Wildman–Crippen MR) is 102 cm³/mol. The van der Waals surface area contributed by atoms with Crippen LogP contribution in [-0.2, 0) is 5.41 Å². The Bertz CT molecular complexity index is 602. The first-order valence-corrected chi connectivity index (χ1v) is 9.46. The van der Waals surface area contributed by atoms with Crippen LogP contribution in [0.1, 0.15) is 30.5 Å². The summed E-state index contributed by atoms with van der Waals surface area (Å²) in [5.74, 6) is 0.223. The van der Waals surface area contributed by atoms with E-state index in [0.717, 1.165) is 14.5 Å². The summed E-state index contributed by atoms with van der Waals surface area (Å²) in [6, 6.07) is 8.22. The topological polar surface area (TPSA) is 20.2 Å². The molecule has 0 aliphatic heterocycles. The van der Waals surface area contributed by atoms with Gasteiger partial charge in [0.15, 0.2) is 0 Å². The lowest BCUT2D eigenvalue weighted by atomic mass is 9.78. The smallest absolute Gasteiger partial charge is 0.143 e. The molecule has 112 valence electrons. The molecule has 1 N–H and O–H groups in total. The monoisotopic (exact) mass is 538 g/mol. The fourth-order valence-corrected chi connectivity index (χ4v) is 4.47. The summed E-state index contributed by atoms with van der Waals surface area (Å²) in [5, 5.41) is 9.88. The average molecular weight is 542 g/mol. The molecule has 5 heteroatoms. The van der Waals surface area contributed by atoms with E-state index < -0.39 is 0 Å². The van der Waals surface area contributed by atoms with E-state index in [-0.39, 0.29) is 11.2 Å². The fraction of sp³-hybridized carbons (Fsp3) is 0.250. The molecule has 1 nitrogen and oxygen atoms in total. The van der Waals surface area contributed by atoms with Crippen molar-refractivity contribution >= 4 is 63.7 Å². The molecule has 0 fully saturated rings. The minimum atomic E-state index is -0.197. The molecule has 0 unspecified atom stereocenters. The van der Waals surface area contributed by atoms with Crippen LogP contribution in [0.4, 0.5) is 0 Å². The van der Waals surface area contributed by atoms with E-state index in [0.29, 0.717) is 8.95 Å². The first kappa shape index (κ1) is 17.5. The number of rotatable bonds is 2. The predicted octanol–water partition coefficient (Wildman–Crippen LogP) is 7.08. The molecule has 0 saturated carbocycles. The van der Waals surface area contributed by atoms with Gasteiger partial charge in [-0.05, 0) is 79.7 Å². The molecule has 0 aromatic heterocycles. The SMILES string of the molecule is Cc1c(Br)cc(C(C)(C)c2cc(Br)c(O)c(Br)c2)cc1Br. The van der Waals surface area contributed by atoms with Crippen molar-refractivity contribution in [3.8, 4) is 5.75 Å². The van der Waals surface area contributed by atoms with Crippen molar-refractivity contribution in [1.29, 1.82) is 0 Å². The average Bonchev–Trinajstić information content (AvgIpc) is 2.40. The van der Waals surface area contributed by atoms with E-state index in [9.17, 15) is 5.11 Å². The van der Waals surface area contributed by atoms with Gasteiger partial charge in [0.25, 0.3) is 0 Å². The van der Waals surface area contributed by atoms with Crippen molar-refractivity contribution < 1.29 is 5.11 Å². The van der Waals surface area contributed by atoms with E-state index in [1.54, 1.807) is 0 Å². The van der Waals surface area contributed by atoms with Crippen molar-refractivity contribution in [3.63, 3.8) is 0 Å². The standard InChI is InChI=1S/C16H14Br4O/c1-8-11(17)4-9(5-12(8)18)16(2,3)10-6-13(19)15(21)14(20)7-10/h4-7,21H,1-3H3. The Kier molecular flexibility index (Phi) is 5.29. The van der Waals surface area contributed by atoms with Gasteiger partial charge in [0, 0.05) is 14.4 Å². The van der Waals surface area contributed by atoms with Crippen molar-refractivity contribution in [3.05, 3.63) is 58.8 Å². The summed E-state index contributed by atoms with van der Waals surface area (Å²) in [6.45, 7) is 6.41. The number of hydrogen-bond donors (Lipinski definition) is 1. The third kappa shape index (κ3) is 3.41. The molecule has 21 heavy (non-hydrogen) atoms. The summed E-state index contributed by atoms with van der Waals surface area (Å²) < 4.78 is 3.53. The summed E-state index contributed by atoms with van der Waals surface area (Å²) in [7, 11) is 0. The van der Waals surface area contributed by atoms with Gasteiger partial charge in [-0.2, -0.15) is 0 Å². The lowest BCUT2D eigenvalue weighted by Crippen LogP contribution is -2.19. The summed E-state index contributed by atoms with van der Waals surface area (Å²) in [6.07, 6.45) is 0. The molecule has 0 saturated heterocycles. The largest absolute Gasteiger partial charge is 0.506 e. The molecule has 2 rings (SSSR count). The first-order chi connectivity index (χ1) is 9.64. The molecule has 2 aromatic rings. The van der Waals surface area contributed by atoms with Crippen LogP contribution in [0.25, 0.3) is 0 Å². The van der Waals surface area contributed by atoms with Gasteiger partial charge in [-0.3, -0.25) is 0 Å². The molecule has 0 amide bonds. The van der Waals surface area contributed by atoms with E-state index >= 15 is 0 Å². The van der Waals surface area contributed by atoms with E-state index in [1.165, 1.54) is 11.1 Å². The Hall–Kier alpha value is 0.160. The highest BCUT2D eigenvalue weighted by molar-refractivity contribution is 9.11. The third-order valence-corrected chi connectivity index (χ3v) is 6.60. The zero-order chi connectivity index (χ0) is 15.9. The fourth-order valence-electron chi connectivity index (χ4n) is 2.10. The van der Waals surface area contributed by atoms with Crippen molar-refractivity contribution in [1.82, 2.24) is 0 Å². The van der Waals surface area contributed by atoms with Crippen LogP contribution >= 0.6 is 63.7 Å². The van der Waals surface area contributed by atoms with Gasteiger partial charge in [-0.15, -0.1) is 0 Å². The molecule has 0 atom stereocenters. The molecule has 0 bridgehead atoms. The Balaban J connectivity index is 2.61. The maximum Gasteiger partial charge on any atom is 0.143 e.